The van der Waals surface area contributed by atoms with Gasteiger partial charge in [-0.25, -0.2) is 0 Å². The van der Waals surface area contributed by atoms with Crippen molar-refractivity contribution in [1.82, 2.24) is 10.2 Å². The van der Waals surface area contributed by atoms with Gasteiger partial charge in [-0.1, -0.05) is 0 Å². The van der Waals surface area contributed by atoms with Gasteiger partial charge in [-0.3, -0.25) is 9.59 Å². The Morgan fingerprint density at radius 2 is 2.00 bits per heavy atom. The van der Waals surface area contributed by atoms with Crippen molar-refractivity contribution < 1.29 is 14.0 Å². The summed E-state index contributed by atoms with van der Waals surface area (Å²) in [6, 6.07) is 2.46. The van der Waals surface area contributed by atoms with E-state index in [1.54, 1.807) is 6.07 Å². The molecule has 0 atom stereocenters. The van der Waals surface area contributed by atoms with Crippen LogP contribution in [0.15, 0.2) is 10.5 Å². The third kappa shape index (κ3) is 3.46. The zero-order valence-corrected chi connectivity index (χ0v) is 12.6. The van der Waals surface area contributed by atoms with E-state index < -0.39 is 0 Å². The summed E-state index contributed by atoms with van der Waals surface area (Å²) in [5.74, 6) is 1.45. The first-order chi connectivity index (χ1) is 10.0. The summed E-state index contributed by atoms with van der Waals surface area (Å²) in [5, 5.41) is 2.97. The fourth-order valence-electron chi connectivity index (χ4n) is 2.58. The van der Waals surface area contributed by atoms with Crippen LogP contribution in [0, 0.1) is 13.8 Å². The monoisotopic (exact) mass is 290 g/mol. The number of amides is 2. The molecule has 0 bridgehead atoms. The number of furan rings is 1. The highest BCUT2D eigenvalue weighted by atomic mass is 16.3. The molecule has 1 aromatic heterocycles. The summed E-state index contributed by atoms with van der Waals surface area (Å²) in [7, 11) is 0. The number of nitrogens with zero attached hydrogens (tertiary/aromatic N) is 1. The predicted octanol–water partition coefficient (Wildman–Crippen LogP) is 2.17. The predicted molar refractivity (Wildman–Crippen MR) is 78.0 cm³/mol. The Bertz CT molecular complexity index is 556. The van der Waals surface area contributed by atoms with E-state index in [4.69, 9.17) is 4.42 Å². The maximum Gasteiger partial charge on any atom is 0.257 e. The summed E-state index contributed by atoms with van der Waals surface area (Å²) in [4.78, 5) is 26.3. The fraction of sp³-hybridized carbons (Fsp3) is 0.625. The summed E-state index contributed by atoms with van der Waals surface area (Å²) < 4.78 is 5.45. The molecular weight excluding hydrogens is 268 g/mol. The molecule has 2 saturated carbocycles. The van der Waals surface area contributed by atoms with Crippen molar-refractivity contribution >= 4 is 11.8 Å². The Morgan fingerprint density at radius 1 is 1.29 bits per heavy atom. The molecule has 0 radical (unpaired) electrons. The van der Waals surface area contributed by atoms with Gasteiger partial charge in [-0.05, 0) is 45.6 Å². The van der Waals surface area contributed by atoms with E-state index in [-0.39, 0.29) is 11.8 Å². The lowest BCUT2D eigenvalue weighted by Crippen LogP contribution is -2.37. The highest BCUT2D eigenvalue weighted by molar-refractivity contribution is 5.96. The number of rotatable bonds is 6. The van der Waals surface area contributed by atoms with Crippen molar-refractivity contribution in [3.05, 3.63) is 23.2 Å². The topological polar surface area (TPSA) is 62.6 Å². The van der Waals surface area contributed by atoms with Gasteiger partial charge in [0.25, 0.3) is 5.91 Å². The molecule has 2 fully saturated rings. The fourth-order valence-corrected chi connectivity index (χ4v) is 2.58. The molecule has 1 heterocycles. The van der Waals surface area contributed by atoms with Gasteiger partial charge in [0.1, 0.15) is 11.5 Å². The van der Waals surface area contributed by atoms with E-state index in [1.165, 1.54) is 0 Å². The molecule has 0 saturated heterocycles. The van der Waals surface area contributed by atoms with Gasteiger partial charge in [0.2, 0.25) is 5.91 Å². The Labute approximate surface area is 124 Å². The first-order valence-corrected chi connectivity index (χ1v) is 7.72. The van der Waals surface area contributed by atoms with Crippen molar-refractivity contribution in [3.8, 4) is 0 Å². The minimum absolute atomic E-state index is 0.00827. The van der Waals surface area contributed by atoms with Crippen LogP contribution in [0.5, 0.6) is 0 Å². The van der Waals surface area contributed by atoms with Crippen LogP contribution in [0.25, 0.3) is 0 Å². The van der Waals surface area contributed by atoms with Gasteiger partial charge in [-0.15, -0.1) is 0 Å². The summed E-state index contributed by atoms with van der Waals surface area (Å²) in [6.07, 6.45) is 4.63. The third-order valence-corrected chi connectivity index (χ3v) is 4.04. The number of nitrogens with one attached hydrogen (secondary N) is 1. The molecule has 2 aliphatic rings. The SMILES string of the molecule is Cc1cc(C(=O)N(CCC(=O)NC2CC2)C2CC2)c(C)o1. The molecule has 5 nitrogen and oxygen atoms in total. The highest BCUT2D eigenvalue weighted by Gasteiger charge is 2.34. The van der Waals surface area contributed by atoms with Crippen molar-refractivity contribution in [2.75, 3.05) is 6.54 Å². The lowest BCUT2D eigenvalue weighted by Gasteiger charge is -2.22. The second kappa shape index (κ2) is 5.54. The van der Waals surface area contributed by atoms with Crippen molar-refractivity contribution in [2.45, 2.75) is 58.0 Å². The average molecular weight is 290 g/mol. The molecule has 2 aliphatic carbocycles. The summed E-state index contributed by atoms with van der Waals surface area (Å²) in [5.41, 5.74) is 0.627. The van der Waals surface area contributed by atoms with Crippen molar-refractivity contribution in [2.24, 2.45) is 0 Å². The molecular formula is C16H22N2O3. The number of carbonyl (C=O) groups is 2. The standard InChI is InChI=1S/C16H22N2O3/c1-10-9-14(11(2)21-10)16(20)18(13-5-6-13)8-7-15(19)17-12-3-4-12/h9,12-13H,3-8H2,1-2H3,(H,17,19). The first kappa shape index (κ1) is 14.2. The molecule has 0 spiro atoms. The Balaban J connectivity index is 1.62. The zero-order chi connectivity index (χ0) is 15.0. The van der Waals surface area contributed by atoms with Crippen LogP contribution in [0.1, 0.15) is 54.0 Å². The molecule has 0 aliphatic heterocycles. The van der Waals surface area contributed by atoms with E-state index in [0.717, 1.165) is 31.4 Å². The number of aryl methyl sites for hydroxylation is 2. The molecule has 1 N–H and O–H groups in total. The van der Waals surface area contributed by atoms with Gasteiger partial charge in [-0.2, -0.15) is 0 Å². The Morgan fingerprint density at radius 3 is 2.52 bits per heavy atom. The molecule has 0 aromatic carbocycles. The summed E-state index contributed by atoms with van der Waals surface area (Å²) in [6.45, 7) is 4.14. The smallest absolute Gasteiger partial charge is 0.257 e. The highest BCUT2D eigenvalue weighted by Crippen LogP contribution is 2.29. The zero-order valence-electron chi connectivity index (χ0n) is 12.6. The maximum absolute atomic E-state index is 12.6. The van der Waals surface area contributed by atoms with Gasteiger partial charge in [0.15, 0.2) is 0 Å². The van der Waals surface area contributed by atoms with Crippen LogP contribution in [0.4, 0.5) is 0 Å². The van der Waals surface area contributed by atoms with E-state index in [2.05, 4.69) is 5.32 Å². The van der Waals surface area contributed by atoms with Crippen LogP contribution in [-0.4, -0.2) is 35.3 Å². The molecule has 5 heteroatoms. The van der Waals surface area contributed by atoms with E-state index in [1.807, 2.05) is 18.7 Å². The lowest BCUT2D eigenvalue weighted by molar-refractivity contribution is -0.121. The van der Waals surface area contributed by atoms with Crippen LogP contribution in [0.2, 0.25) is 0 Å². The normalized spacial score (nSPS) is 17.6. The van der Waals surface area contributed by atoms with Gasteiger partial charge in [0, 0.05) is 25.0 Å². The molecule has 21 heavy (non-hydrogen) atoms. The van der Waals surface area contributed by atoms with Crippen LogP contribution >= 0.6 is 0 Å². The molecule has 3 rings (SSSR count). The molecule has 1 aromatic rings. The van der Waals surface area contributed by atoms with Crippen molar-refractivity contribution in [1.29, 1.82) is 0 Å². The van der Waals surface area contributed by atoms with Crippen LogP contribution in [-0.2, 0) is 4.79 Å². The number of hydrogen-bond donors (Lipinski definition) is 1. The Kier molecular flexibility index (Phi) is 3.74. The summed E-state index contributed by atoms with van der Waals surface area (Å²) >= 11 is 0. The first-order valence-electron chi connectivity index (χ1n) is 7.72. The van der Waals surface area contributed by atoms with E-state index in [0.29, 0.717) is 36.4 Å². The third-order valence-electron chi connectivity index (χ3n) is 4.04. The van der Waals surface area contributed by atoms with E-state index in [9.17, 15) is 9.59 Å². The minimum Gasteiger partial charge on any atom is -0.466 e. The lowest BCUT2D eigenvalue weighted by atomic mass is 10.2. The van der Waals surface area contributed by atoms with Crippen molar-refractivity contribution in [3.63, 3.8) is 0 Å². The minimum atomic E-state index is -0.00827. The second-order valence-electron chi connectivity index (χ2n) is 6.15. The molecule has 114 valence electrons. The molecule has 2 amide bonds. The molecule has 0 unspecified atom stereocenters. The maximum atomic E-state index is 12.6. The van der Waals surface area contributed by atoms with Crippen LogP contribution in [0.3, 0.4) is 0 Å². The van der Waals surface area contributed by atoms with Gasteiger partial charge in [0.05, 0.1) is 5.56 Å². The van der Waals surface area contributed by atoms with Gasteiger partial charge >= 0.3 is 0 Å². The van der Waals surface area contributed by atoms with E-state index >= 15 is 0 Å². The number of carbonyl (C=O) groups excluding carboxylic acids is 2. The second-order valence-corrected chi connectivity index (χ2v) is 6.15. The van der Waals surface area contributed by atoms with Crippen LogP contribution < -0.4 is 5.32 Å². The largest absolute Gasteiger partial charge is 0.466 e. The number of hydrogen-bond acceptors (Lipinski definition) is 3. The van der Waals surface area contributed by atoms with Gasteiger partial charge < -0.3 is 14.6 Å². The Hall–Kier alpha value is -1.78. The average Bonchev–Trinajstić information content (AvgIpc) is 3.31. The quantitative estimate of drug-likeness (QED) is 0.873.